The van der Waals surface area contributed by atoms with Crippen LogP contribution in [-0.2, 0) is 4.79 Å². The van der Waals surface area contributed by atoms with Crippen LogP contribution in [0.1, 0.15) is 17.7 Å². The van der Waals surface area contributed by atoms with Crippen LogP contribution in [0.15, 0.2) is 23.7 Å². The Balaban J connectivity index is 2.03. The molecule has 1 amide bonds. The average molecular weight is 239 g/mol. The minimum atomic E-state index is -0.132. The molecule has 2 aromatic rings. The Morgan fingerprint density at radius 1 is 1.60 bits per heavy atom. The summed E-state index contributed by atoms with van der Waals surface area (Å²) in [5.74, 6) is -0.157. The lowest BCUT2D eigenvalue weighted by Crippen LogP contribution is -2.17. The van der Waals surface area contributed by atoms with Crippen molar-refractivity contribution >= 4 is 33.8 Å². The summed E-state index contributed by atoms with van der Waals surface area (Å²) in [4.78, 5) is 12.8. The van der Waals surface area contributed by atoms with E-state index in [1.54, 1.807) is 17.5 Å². The van der Waals surface area contributed by atoms with Crippen molar-refractivity contribution in [3.63, 3.8) is 0 Å². The molecule has 2 rings (SSSR count). The minimum absolute atomic E-state index is 0.0245. The Labute approximate surface area is 95.1 Å². The molecule has 0 bridgehead atoms. The van der Waals surface area contributed by atoms with E-state index in [-0.39, 0.29) is 11.8 Å². The second kappa shape index (κ2) is 4.50. The summed E-state index contributed by atoms with van der Waals surface area (Å²) in [6.45, 7) is 1.88. The van der Waals surface area contributed by atoms with Crippen molar-refractivity contribution < 1.29 is 4.79 Å². The molecule has 0 fully saturated rings. The van der Waals surface area contributed by atoms with Gasteiger partial charge in [0.25, 0.3) is 0 Å². The smallest absolute Gasteiger partial charge is 0.233 e. The first-order valence-electron chi connectivity index (χ1n) is 4.39. The Morgan fingerprint density at radius 3 is 3.07 bits per heavy atom. The number of thiophene rings is 1. The quantitative estimate of drug-likeness (QED) is 0.894. The molecule has 0 spiro atoms. The third-order valence-electron chi connectivity index (χ3n) is 1.97. The summed E-state index contributed by atoms with van der Waals surface area (Å²) in [6, 6.07) is 3.90. The topological polar surface area (TPSA) is 54.9 Å². The SMILES string of the molecule is CC(C(=O)Nc1cnns1)c1cccs1. The number of nitrogens with one attached hydrogen (secondary N) is 1. The molecular weight excluding hydrogens is 230 g/mol. The van der Waals surface area contributed by atoms with Crippen LogP contribution in [-0.4, -0.2) is 15.5 Å². The lowest BCUT2D eigenvalue weighted by atomic mass is 10.1. The zero-order valence-electron chi connectivity index (χ0n) is 8.01. The molecule has 0 aliphatic carbocycles. The molecule has 0 aliphatic heterocycles. The van der Waals surface area contributed by atoms with Crippen LogP contribution in [0.4, 0.5) is 5.00 Å². The van der Waals surface area contributed by atoms with Gasteiger partial charge in [-0.25, -0.2) is 0 Å². The number of anilines is 1. The number of hydrogen-bond donors (Lipinski definition) is 1. The maximum atomic E-state index is 11.8. The van der Waals surface area contributed by atoms with Crippen LogP contribution in [0.2, 0.25) is 0 Å². The fraction of sp³-hybridized carbons (Fsp3) is 0.222. The molecule has 15 heavy (non-hydrogen) atoms. The second-order valence-corrected chi connectivity index (χ2v) is 4.77. The van der Waals surface area contributed by atoms with Gasteiger partial charge in [-0.05, 0) is 18.4 Å². The number of amides is 1. The summed E-state index contributed by atoms with van der Waals surface area (Å²) >= 11 is 2.76. The number of rotatable bonds is 3. The molecule has 1 atom stereocenters. The van der Waals surface area contributed by atoms with Gasteiger partial charge in [-0.3, -0.25) is 4.79 Å². The largest absolute Gasteiger partial charge is 0.315 e. The van der Waals surface area contributed by atoms with Crippen LogP contribution in [0.3, 0.4) is 0 Å². The first-order chi connectivity index (χ1) is 7.27. The molecular formula is C9H9N3OS2. The van der Waals surface area contributed by atoms with E-state index in [0.29, 0.717) is 5.00 Å². The third kappa shape index (κ3) is 2.40. The van der Waals surface area contributed by atoms with Crippen LogP contribution >= 0.6 is 22.9 Å². The number of nitrogens with zero attached hydrogens (tertiary/aromatic N) is 2. The van der Waals surface area contributed by atoms with Crippen molar-refractivity contribution in [2.45, 2.75) is 12.8 Å². The zero-order chi connectivity index (χ0) is 10.7. The van der Waals surface area contributed by atoms with E-state index in [9.17, 15) is 4.79 Å². The van der Waals surface area contributed by atoms with Crippen molar-refractivity contribution in [2.75, 3.05) is 5.32 Å². The summed E-state index contributed by atoms with van der Waals surface area (Å²) in [5.41, 5.74) is 0. The third-order valence-corrected chi connectivity index (χ3v) is 3.61. The van der Waals surface area contributed by atoms with Gasteiger partial charge < -0.3 is 5.32 Å². The Bertz CT molecular complexity index is 424. The number of hydrogen-bond acceptors (Lipinski definition) is 5. The average Bonchev–Trinajstić information content (AvgIpc) is 2.88. The highest BCUT2D eigenvalue weighted by molar-refractivity contribution is 7.10. The fourth-order valence-corrected chi connectivity index (χ4v) is 2.32. The summed E-state index contributed by atoms with van der Waals surface area (Å²) < 4.78 is 3.68. The summed E-state index contributed by atoms with van der Waals surface area (Å²) in [7, 11) is 0. The van der Waals surface area contributed by atoms with Crippen LogP contribution in [0.25, 0.3) is 0 Å². The van der Waals surface area contributed by atoms with Crippen molar-refractivity contribution in [2.24, 2.45) is 0 Å². The second-order valence-electron chi connectivity index (χ2n) is 3.01. The maximum Gasteiger partial charge on any atom is 0.233 e. The Kier molecular flexibility index (Phi) is 3.08. The van der Waals surface area contributed by atoms with Crippen molar-refractivity contribution in [1.82, 2.24) is 9.59 Å². The molecule has 2 heterocycles. The molecule has 0 saturated heterocycles. The van der Waals surface area contributed by atoms with Gasteiger partial charge in [0, 0.05) is 16.4 Å². The molecule has 0 saturated carbocycles. The van der Waals surface area contributed by atoms with E-state index >= 15 is 0 Å². The predicted octanol–water partition coefficient (Wildman–Crippen LogP) is 2.34. The lowest BCUT2D eigenvalue weighted by Gasteiger charge is -2.07. The molecule has 4 nitrogen and oxygen atoms in total. The van der Waals surface area contributed by atoms with Gasteiger partial charge in [0.2, 0.25) is 5.91 Å². The van der Waals surface area contributed by atoms with E-state index in [1.165, 1.54) is 11.5 Å². The van der Waals surface area contributed by atoms with Crippen LogP contribution in [0.5, 0.6) is 0 Å². The van der Waals surface area contributed by atoms with E-state index in [0.717, 1.165) is 4.88 Å². The highest BCUT2D eigenvalue weighted by atomic mass is 32.1. The van der Waals surface area contributed by atoms with Gasteiger partial charge in [-0.2, -0.15) is 0 Å². The maximum absolute atomic E-state index is 11.8. The zero-order valence-corrected chi connectivity index (χ0v) is 9.64. The van der Waals surface area contributed by atoms with Gasteiger partial charge in [-0.15, -0.1) is 16.4 Å². The van der Waals surface area contributed by atoms with E-state index < -0.39 is 0 Å². The molecule has 1 unspecified atom stereocenters. The Hall–Kier alpha value is -1.27. The van der Waals surface area contributed by atoms with Crippen molar-refractivity contribution in [1.29, 1.82) is 0 Å². The van der Waals surface area contributed by atoms with Crippen molar-refractivity contribution in [3.05, 3.63) is 28.6 Å². The van der Waals surface area contributed by atoms with E-state index in [4.69, 9.17) is 0 Å². The van der Waals surface area contributed by atoms with Crippen molar-refractivity contribution in [3.8, 4) is 0 Å². The number of carbonyl (C=O) groups excluding carboxylic acids is 1. The number of aromatic nitrogens is 2. The molecule has 0 radical (unpaired) electrons. The summed E-state index contributed by atoms with van der Waals surface area (Å²) in [5, 5.41) is 9.07. The van der Waals surface area contributed by atoms with Gasteiger partial charge in [0.05, 0.1) is 12.1 Å². The lowest BCUT2D eigenvalue weighted by molar-refractivity contribution is -0.117. The molecule has 6 heteroatoms. The van der Waals surface area contributed by atoms with Crippen LogP contribution in [0, 0.1) is 0 Å². The van der Waals surface area contributed by atoms with Gasteiger partial charge in [0.1, 0.15) is 5.00 Å². The normalized spacial score (nSPS) is 12.3. The van der Waals surface area contributed by atoms with E-state index in [1.807, 2.05) is 24.4 Å². The fourth-order valence-electron chi connectivity index (χ4n) is 1.12. The van der Waals surface area contributed by atoms with Gasteiger partial charge in [0.15, 0.2) is 0 Å². The standard InChI is InChI=1S/C9H9N3OS2/c1-6(7-3-2-4-14-7)9(13)11-8-5-10-12-15-8/h2-6H,1H3,(H,11,13). The molecule has 0 aromatic carbocycles. The minimum Gasteiger partial charge on any atom is -0.315 e. The first-order valence-corrected chi connectivity index (χ1v) is 6.04. The van der Waals surface area contributed by atoms with Gasteiger partial charge in [-0.1, -0.05) is 10.6 Å². The Morgan fingerprint density at radius 2 is 2.47 bits per heavy atom. The number of carbonyl (C=O) groups is 1. The first kappa shape index (κ1) is 10.3. The highest BCUT2D eigenvalue weighted by Crippen LogP contribution is 2.22. The highest BCUT2D eigenvalue weighted by Gasteiger charge is 2.16. The summed E-state index contributed by atoms with van der Waals surface area (Å²) in [6.07, 6.45) is 1.55. The predicted molar refractivity (Wildman–Crippen MR) is 61.3 cm³/mol. The molecule has 2 aromatic heterocycles. The monoisotopic (exact) mass is 239 g/mol. The van der Waals surface area contributed by atoms with E-state index in [2.05, 4.69) is 14.9 Å². The van der Waals surface area contributed by atoms with Gasteiger partial charge >= 0.3 is 0 Å². The molecule has 1 N–H and O–H groups in total. The van der Waals surface area contributed by atoms with Crippen LogP contribution < -0.4 is 5.32 Å². The molecule has 0 aliphatic rings. The molecule has 78 valence electrons.